The lowest BCUT2D eigenvalue weighted by atomic mass is 9.82. The van der Waals surface area contributed by atoms with Crippen LogP contribution in [-0.2, 0) is 0 Å². The molecule has 90 valence electrons. The second-order valence-electron chi connectivity index (χ2n) is 4.16. The van der Waals surface area contributed by atoms with E-state index >= 15 is 0 Å². The molecule has 2 N–H and O–H groups in total. The molecule has 1 atom stereocenters. The van der Waals surface area contributed by atoms with E-state index in [-0.39, 0.29) is 0 Å². The van der Waals surface area contributed by atoms with E-state index in [4.69, 9.17) is 10.5 Å². The molecule has 0 saturated carbocycles. The van der Waals surface area contributed by atoms with Crippen LogP contribution in [0.25, 0.3) is 0 Å². The van der Waals surface area contributed by atoms with Gasteiger partial charge in [-0.2, -0.15) is 0 Å². The van der Waals surface area contributed by atoms with Gasteiger partial charge >= 0.3 is 0 Å². The van der Waals surface area contributed by atoms with Gasteiger partial charge in [-0.15, -0.1) is 0 Å². The number of nitrogens with two attached hydrogens (primary N) is 1. The number of benzene rings is 1. The Balaban J connectivity index is 3.02. The molecular weight excluding hydrogens is 198 g/mol. The summed E-state index contributed by atoms with van der Waals surface area (Å²) in [6.45, 7) is 5.14. The van der Waals surface area contributed by atoms with Crippen molar-refractivity contribution in [2.45, 2.75) is 32.6 Å². The average molecular weight is 221 g/mol. The van der Waals surface area contributed by atoms with Crippen molar-refractivity contribution in [2.75, 3.05) is 13.7 Å². The molecule has 0 aliphatic rings. The number of hydrogen-bond acceptors (Lipinski definition) is 2. The van der Waals surface area contributed by atoms with Crippen molar-refractivity contribution in [2.24, 2.45) is 11.7 Å². The highest BCUT2D eigenvalue weighted by Crippen LogP contribution is 2.34. The van der Waals surface area contributed by atoms with Crippen molar-refractivity contribution in [1.82, 2.24) is 0 Å². The minimum absolute atomic E-state index is 0.408. The lowest BCUT2D eigenvalue weighted by Crippen LogP contribution is -2.21. The Morgan fingerprint density at radius 2 is 1.81 bits per heavy atom. The summed E-state index contributed by atoms with van der Waals surface area (Å²) in [4.78, 5) is 0. The Morgan fingerprint density at radius 3 is 2.31 bits per heavy atom. The normalized spacial score (nSPS) is 12.8. The maximum absolute atomic E-state index is 5.92. The number of rotatable bonds is 6. The summed E-state index contributed by atoms with van der Waals surface area (Å²) in [6, 6.07) is 8.21. The monoisotopic (exact) mass is 221 g/mol. The number of methoxy groups -OCH3 is 1. The fourth-order valence-corrected chi connectivity index (χ4v) is 2.40. The predicted octanol–water partition coefficient (Wildman–Crippen LogP) is 3.17. The zero-order valence-corrected chi connectivity index (χ0v) is 10.6. The van der Waals surface area contributed by atoms with Crippen LogP contribution < -0.4 is 10.5 Å². The van der Waals surface area contributed by atoms with Crippen molar-refractivity contribution in [1.29, 1.82) is 0 Å². The van der Waals surface area contributed by atoms with E-state index in [1.54, 1.807) is 7.11 Å². The van der Waals surface area contributed by atoms with Gasteiger partial charge in [-0.05, 0) is 24.1 Å². The molecule has 16 heavy (non-hydrogen) atoms. The Morgan fingerprint density at radius 1 is 1.19 bits per heavy atom. The number of para-hydroxylation sites is 1. The first kappa shape index (κ1) is 13.0. The van der Waals surface area contributed by atoms with Crippen LogP contribution in [0.5, 0.6) is 5.75 Å². The summed E-state index contributed by atoms with van der Waals surface area (Å²) in [5, 5.41) is 0. The SMILES string of the molecule is CCC(CC)C(CN)c1ccccc1OC. The highest BCUT2D eigenvalue weighted by molar-refractivity contribution is 5.36. The van der Waals surface area contributed by atoms with Gasteiger partial charge in [-0.3, -0.25) is 0 Å². The topological polar surface area (TPSA) is 35.2 Å². The summed E-state index contributed by atoms with van der Waals surface area (Å²) in [7, 11) is 1.72. The summed E-state index contributed by atoms with van der Waals surface area (Å²) in [5.74, 6) is 2.01. The summed E-state index contributed by atoms with van der Waals surface area (Å²) in [6.07, 6.45) is 2.33. The van der Waals surface area contributed by atoms with Gasteiger partial charge in [-0.1, -0.05) is 44.9 Å². The van der Waals surface area contributed by atoms with Crippen LogP contribution in [0.3, 0.4) is 0 Å². The summed E-state index contributed by atoms with van der Waals surface area (Å²) >= 11 is 0. The van der Waals surface area contributed by atoms with E-state index in [9.17, 15) is 0 Å². The van der Waals surface area contributed by atoms with Crippen molar-refractivity contribution in [3.8, 4) is 5.75 Å². The largest absolute Gasteiger partial charge is 0.496 e. The van der Waals surface area contributed by atoms with Gasteiger partial charge in [0.25, 0.3) is 0 Å². The first-order valence-electron chi connectivity index (χ1n) is 6.11. The zero-order chi connectivity index (χ0) is 12.0. The molecule has 0 aromatic heterocycles. The molecule has 1 aromatic rings. The molecular formula is C14H23NO. The van der Waals surface area contributed by atoms with E-state index in [1.165, 1.54) is 5.56 Å². The second kappa shape index (κ2) is 6.54. The molecule has 0 bridgehead atoms. The smallest absolute Gasteiger partial charge is 0.122 e. The molecule has 0 aliphatic heterocycles. The van der Waals surface area contributed by atoms with Gasteiger partial charge in [-0.25, -0.2) is 0 Å². The van der Waals surface area contributed by atoms with E-state index < -0.39 is 0 Å². The Kier molecular flexibility index (Phi) is 5.33. The lowest BCUT2D eigenvalue weighted by Gasteiger charge is -2.25. The van der Waals surface area contributed by atoms with Crippen LogP contribution in [-0.4, -0.2) is 13.7 Å². The fraction of sp³-hybridized carbons (Fsp3) is 0.571. The van der Waals surface area contributed by atoms with Crippen LogP contribution in [0, 0.1) is 5.92 Å². The molecule has 0 fully saturated rings. The molecule has 1 aromatic carbocycles. The Hall–Kier alpha value is -1.02. The Labute approximate surface area is 98.8 Å². The minimum atomic E-state index is 0.408. The highest BCUT2D eigenvalue weighted by Gasteiger charge is 2.21. The molecule has 0 amide bonds. The summed E-state index contributed by atoms with van der Waals surface area (Å²) < 4.78 is 5.41. The van der Waals surface area contributed by atoms with Crippen molar-refractivity contribution >= 4 is 0 Å². The van der Waals surface area contributed by atoms with Gasteiger partial charge in [0.2, 0.25) is 0 Å². The molecule has 2 heteroatoms. The third kappa shape index (κ3) is 2.76. The molecule has 0 radical (unpaired) electrons. The molecule has 0 heterocycles. The van der Waals surface area contributed by atoms with Gasteiger partial charge in [0.15, 0.2) is 0 Å². The third-order valence-electron chi connectivity index (χ3n) is 3.41. The molecule has 0 saturated heterocycles. The van der Waals surface area contributed by atoms with E-state index in [0.29, 0.717) is 18.4 Å². The average Bonchev–Trinajstić information content (AvgIpc) is 2.35. The van der Waals surface area contributed by atoms with Crippen LogP contribution in [0.1, 0.15) is 38.2 Å². The second-order valence-corrected chi connectivity index (χ2v) is 4.16. The van der Waals surface area contributed by atoms with E-state index in [1.807, 2.05) is 12.1 Å². The standard InChI is InChI=1S/C14H23NO/c1-4-11(5-2)13(10-15)12-8-6-7-9-14(12)16-3/h6-9,11,13H,4-5,10,15H2,1-3H3. The van der Waals surface area contributed by atoms with Gasteiger partial charge in [0.05, 0.1) is 7.11 Å². The van der Waals surface area contributed by atoms with Crippen LogP contribution in [0.2, 0.25) is 0 Å². The Bertz CT molecular complexity index is 307. The zero-order valence-electron chi connectivity index (χ0n) is 10.6. The van der Waals surface area contributed by atoms with Crippen LogP contribution in [0.4, 0.5) is 0 Å². The molecule has 1 rings (SSSR count). The quantitative estimate of drug-likeness (QED) is 0.800. The predicted molar refractivity (Wildman–Crippen MR) is 68.9 cm³/mol. The van der Waals surface area contributed by atoms with E-state index in [0.717, 1.165) is 18.6 Å². The van der Waals surface area contributed by atoms with Crippen molar-refractivity contribution in [3.05, 3.63) is 29.8 Å². The van der Waals surface area contributed by atoms with E-state index in [2.05, 4.69) is 26.0 Å². The lowest BCUT2D eigenvalue weighted by molar-refractivity contribution is 0.370. The first-order valence-corrected chi connectivity index (χ1v) is 6.11. The van der Waals surface area contributed by atoms with Crippen molar-refractivity contribution < 1.29 is 4.74 Å². The molecule has 2 nitrogen and oxygen atoms in total. The first-order chi connectivity index (χ1) is 7.78. The maximum atomic E-state index is 5.92. The molecule has 0 spiro atoms. The van der Waals surface area contributed by atoms with Gasteiger partial charge in [0.1, 0.15) is 5.75 Å². The van der Waals surface area contributed by atoms with Crippen LogP contribution in [0.15, 0.2) is 24.3 Å². The minimum Gasteiger partial charge on any atom is -0.496 e. The van der Waals surface area contributed by atoms with Crippen molar-refractivity contribution in [3.63, 3.8) is 0 Å². The number of ether oxygens (including phenoxy) is 1. The van der Waals surface area contributed by atoms with Gasteiger partial charge < -0.3 is 10.5 Å². The third-order valence-corrected chi connectivity index (χ3v) is 3.41. The maximum Gasteiger partial charge on any atom is 0.122 e. The van der Waals surface area contributed by atoms with Crippen LogP contribution >= 0.6 is 0 Å². The highest BCUT2D eigenvalue weighted by atomic mass is 16.5. The molecule has 1 unspecified atom stereocenters. The number of hydrogen-bond donors (Lipinski definition) is 1. The fourth-order valence-electron chi connectivity index (χ4n) is 2.40. The summed E-state index contributed by atoms with van der Waals surface area (Å²) in [5.41, 5.74) is 7.18. The van der Waals surface area contributed by atoms with Gasteiger partial charge in [0, 0.05) is 5.92 Å². The molecule has 0 aliphatic carbocycles.